The summed E-state index contributed by atoms with van der Waals surface area (Å²) in [6.45, 7) is 3.83. The van der Waals surface area contributed by atoms with E-state index in [-0.39, 0.29) is 18.0 Å². The van der Waals surface area contributed by atoms with Gasteiger partial charge in [-0.3, -0.25) is 4.57 Å². The molecule has 2 unspecified atom stereocenters. The van der Waals surface area contributed by atoms with Crippen LogP contribution in [0.15, 0.2) is 11.0 Å². The van der Waals surface area contributed by atoms with Crippen LogP contribution in [0.2, 0.25) is 0 Å². The summed E-state index contributed by atoms with van der Waals surface area (Å²) in [5.74, 6) is 0.294. The molecule has 1 aromatic heterocycles. The monoisotopic (exact) mass is 209 g/mol. The van der Waals surface area contributed by atoms with Gasteiger partial charge in [-0.1, -0.05) is 0 Å². The second-order valence-corrected chi connectivity index (χ2v) is 3.98. The molecule has 0 spiro atoms. The third-order valence-electron chi connectivity index (χ3n) is 2.69. The fourth-order valence-corrected chi connectivity index (χ4v) is 1.77. The van der Waals surface area contributed by atoms with Gasteiger partial charge in [0.15, 0.2) is 0 Å². The molecule has 2 atom stereocenters. The molecule has 2 rings (SSSR count). The van der Waals surface area contributed by atoms with Crippen LogP contribution in [0.25, 0.3) is 0 Å². The van der Waals surface area contributed by atoms with Crippen molar-refractivity contribution in [3.63, 3.8) is 0 Å². The molecular weight excluding hydrogens is 194 g/mol. The smallest absolute Gasteiger partial charge is 0.351 e. The number of nitrogen functional groups attached to an aromatic ring is 1. The van der Waals surface area contributed by atoms with Crippen molar-refractivity contribution in [1.82, 2.24) is 9.55 Å². The number of rotatable bonds is 1. The molecule has 2 N–H and O–H groups in total. The summed E-state index contributed by atoms with van der Waals surface area (Å²) < 4.78 is 7.13. The summed E-state index contributed by atoms with van der Waals surface area (Å²) in [5.41, 5.74) is 6.02. The van der Waals surface area contributed by atoms with Crippen LogP contribution >= 0.6 is 0 Å². The molecule has 0 bridgehead atoms. The van der Waals surface area contributed by atoms with Crippen molar-refractivity contribution in [2.24, 2.45) is 0 Å². The third-order valence-corrected chi connectivity index (χ3v) is 2.69. The molecule has 1 aliphatic heterocycles. The maximum absolute atomic E-state index is 11.6. The number of anilines is 1. The number of nitrogens with zero attached hydrogens (tertiary/aromatic N) is 2. The number of aromatic nitrogens is 2. The highest BCUT2D eigenvalue weighted by Gasteiger charge is 2.24. The normalized spacial score (nSPS) is 25.7. The van der Waals surface area contributed by atoms with E-state index in [0.29, 0.717) is 5.82 Å². The van der Waals surface area contributed by atoms with Gasteiger partial charge in [-0.15, -0.1) is 0 Å². The highest BCUT2D eigenvalue weighted by Crippen LogP contribution is 2.26. The molecule has 0 saturated carbocycles. The van der Waals surface area contributed by atoms with Crippen molar-refractivity contribution in [3.05, 3.63) is 22.2 Å². The van der Waals surface area contributed by atoms with Gasteiger partial charge >= 0.3 is 5.69 Å². The average Bonchev–Trinajstić information content (AvgIpc) is 2.58. The lowest BCUT2D eigenvalue weighted by Crippen LogP contribution is -2.28. The van der Waals surface area contributed by atoms with Crippen LogP contribution in [0.4, 0.5) is 5.82 Å². The number of hydrogen-bond acceptors (Lipinski definition) is 4. The molecule has 5 heteroatoms. The van der Waals surface area contributed by atoms with Crippen LogP contribution in [0, 0.1) is 6.92 Å². The summed E-state index contributed by atoms with van der Waals surface area (Å²) >= 11 is 0. The minimum Gasteiger partial charge on any atom is -0.383 e. The quantitative estimate of drug-likeness (QED) is 0.743. The van der Waals surface area contributed by atoms with E-state index in [1.54, 1.807) is 6.20 Å². The number of nitrogens with two attached hydrogens (primary N) is 1. The van der Waals surface area contributed by atoms with Crippen LogP contribution in [0.1, 0.15) is 31.6 Å². The zero-order valence-electron chi connectivity index (χ0n) is 8.93. The highest BCUT2D eigenvalue weighted by atomic mass is 16.5. The van der Waals surface area contributed by atoms with Crippen LogP contribution in [0.3, 0.4) is 0 Å². The Hall–Kier alpha value is -1.36. The number of ether oxygens (including phenoxy) is 1. The first-order valence-corrected chi connectivity index (χ1v) is 5.08. The van der Waals surface area contributed by atoms with Crippen molar-refractivity contribution in [2.75, 3.05) is 5.73 Å². The molecule has 82 valence electrons. The number of hydrogen-bond donors (Lipinski definition) is 1. The molecule has 1 fully saturated rings. The SMILES string of the molecule is Cc1cn(C2CCC(C)O2)c(=O)nc1N. The summed E-state index contributed by atoms with van der Waals surface area (Å²) in [7, 11) is 0. The second kappa shape index (κ2) is 3.66. The van der Waals surface area contributed by atoms with E-state index in [0.717, 1.165) is 18.4 Å². The molecule has 0 amide bonds. The lowest BCUT2D eigenvalue weighted by atomic mass is 10.2. The Balaban J connectivity index is 2.36. The van der Waals surface area contributed by atoms with Crippen molar-refractivity contribution in [2.45, 2.75) is 39.0 Å². The maximum Gasteiger partial charge on any atom is 0.351 e. The molecule has 1 aliphatic rings. The Morgan fingerprint density at radius 1 is 1.60 bits per heavy atom. The van der Waals surface area contributed by atoms with Gasteiger partial charge in [-0.25, -0.2) is 4.79 Å². The lowest BCUT2D eigenvalue weighted by Gasteiger charge is -2.14. The van der Waals surface area contributed by atoms with E-state index >= 15 is 0 Å². The zero-order valence-corrected chi connectivity index (χ0v) is 8.93. The van der Waals surface area contributed by atoms with Crippen molar-refractivity contribution >= 4 is 5.82 Å². The van der Waals surface area contributed by atoms with E-state index in [4.69, 9.17) is 10.5 Å². The van der Waals surface area contributed by atoms with E-state index in [1.807, 2.05) is 13.8 Å². The predicted octanol–water partition coefficient (Wildman–Crippen LogP) is 0.831. The fraction of sp³-hybridized carbons (Fsp3) is 0.600. The van der Waals surface area contributed by atoms with Gasteiger partial charge in [0.1, 0.15) is 12.0 Å². The average molecular weight is 209 g/mol. The molecule has 0 aliphatic carbocycles. The van der Waals surface area contributed by atoms with Crippen molar-refractivity contribution < 1.29 is 4.74 Å². The van der Waals surface area contributed by atoms with E-state index in [2.05, 4.69) is 4.98 Å². The largest absolute Gasteiger partial charge is 0.383 e. The van der Waals surface area contributed by atoms with Crippen LogP contribution in [-0.2, 0) is 4.74 Å². The molecule has 1 saturated heterocycles. The van der Waals surface area contributed by atoms with Gasteiger partial charge in [-0.05, 0) is 26.7 Å². The second-order valence-electron chi connectivity index (χ2n) is 3.98. The Morgan fingerprint density at radius 2 is 2.33 bits per heavy atom. The molecule has 0 radical (unpaired) electrons. The molecule has 15 heavy (non-hydrogen) atoms. The Kier molecular flexibility index (Phi) is 2.48. The summed E-state index contributed by atoms with van der Waals surface area (Å²) in [4.78, 5) is 15.3. The molecule has 5 nitrogen and oxygen atoms in total. The lowest BCUT2D eigenvalue weighted by molar-refractivity contribution is 0.00795. The molecule has 0 aromatic carbocycles. The minimum absolute atomic E-state index is 0.181. The summed E-state index contributed by atoms with van der Waals surface area (Å²) in [6, 6.07) is 0. The van der Waals surface area contributed by atoms with E-state index < -0.39 is 0 Å². The summed E-state index contributed by atoms with van der Waals surface area (Å²) in [6.07, 6.45) is 3.57. The van der Waals surface area contributed by atoms with Crippen LogP contribution < -0.4 is 11.4 Å². The third kappa shape index (κ3) is 1.87. The molecule has 1 aromatic rings. The standard InChI is InChI=1S/C10H15N3O2/c1-6-5-13(10(14)12-9(6)11)8-4-3-7(2)15-8/h5,7-8H,3-4H2,1-2H3,(H2,11,12,14). The highest BCUT2D eigenvalue weighted by molar-refractivity contribution is 5.35. The van der Waals surface area contributed by atoms with Crippen molar-refractivity contribution in [3.8, 4) is 0 Å². The van der Waals surface area contributed by atoms with Crippen LogP contribution in [0.5, 0.6) is 0 Å². The number of aryl methyl sites for hydroxylation is 1. The topological polar surface area (TPSA) is 70.1 Å². The van der Waals surface area contributed by atoms with E-state index in [9.17, 15) is 4.79 Å². The maximum atomic E-state index is 11.6. The van der Waals surface area contributed by atoms with Gasteiger partial charge in [0.05, 0.1) is 6.10 Å². The van der Waals surface area contributed by atoms with E-state index in [1.165, 1.54) is 4.57 Å². The van der Waals surface area contributed by atoms with Gasteiger partial charge in [0, 0.05) is 11.8 Å². The van der Waals surface area contributed by atoms with Gasteiger partial charge in [0.25, 0.3) is 0 Å². The first-order valence-electron chi connectivity index (χ1n) is 5.08. The zero-order chi connectivity index (χ0) is 11.0. The molecular formula is C10H15N3O2. The minimum atomic E-state index is -0.336. The fourth-order valence-electron chi connectivity index (χ4n) is 1.77. The first kappa shape index (κ1) is 10.2. The predicted molar refractivity (Wildman–Crippen MR) is 56.5 cm³/mol. The Labute approximate surface area is 87.9 Å². The van der Waals surface area contributed by atoms with Gasteiger partial charge in [-0.2, -0.15) is 4.98 Å². The summed E-state index contributed by atoms with van der Waals surface area (Å²) in [5, 5.41) is 0. The Morgan fingerprint density at radius 3 is 2.93 bits per heavy atom. The van der Waals surface area contributed by atoms with Crippen LogP contribution in [-0.4, -0.2) is 15.7 Å². The van der Waals surface area contributed by atoms with Gasteiger partial charge in [0.2, 0.25) is 0 Å². The van der Waals surface area contributed by atoms with Gasteiger partial charge < -0.3 is 10.5 Å². The molecule has 2 heterocycles. The first-order chi connectivity index (χ1) is 7.08. The Bertz CT molecular complexity index is 427. The van der Waals surface area contributed by atoms with Crippen molar-refractivity contribution in [1.29, 1.82) is 0 Å².